The summed E-state index contributed by atoms with van der Waals surface area (Å²) in [6.45, 7) is 4.06. The average molecular weight is 295 g/mol. The van der Waals surface area contributed by atoms with Crippen LogP contribution in [0.3, 0.4) is 0 Å². The first kappa shape index (κ1) is 14.6. The SMILES string of the molecule is COc1ccc(C(=O)NC2CCc3cccc(C)c32)cc1C. The third kappa shape index (κ3) is 2.59. The molecule has 2 aromatic rings. The quantitative estimate of drug-likeness (QED) is 0.937. The first-order valence-corrected chi connectivity index (χ1v) is 7.64. The van der Waals surface area contributed by atoms with Crippen molar-refractivity contribution in [2.24, 2.45) is 0 Å². The zero-order valence-electron chi connectivity index (χ0n) is 13.3. The van der Waals surface area contributed by atoms with Crippen LogP contribution in [0.25, 0.3) is 0 Å². The molecule has 0 radical (unpaired) electrons. The van der Waals surface area contributed by atoms with E-state index in [1.807, 2.05) is 25.1 Å². The molecule has 1 amide bonds. The molecule has 3 rings (SSSR count). The lowest BCUT2D eigenvalue weighted by Crippen LogP contribution is -2.27. The summed E-state index contributed by atoms with van der Waals surface area (Å²) < 4.78 is 5.24. The maximum atomic E-state index is 12.5. The zero-order chi connectivity index (χ0) is 15.7. The Kier molecular flexibility index (Phi) is 3.88. The molecule has 0 aromatic heterocycles. The summed E-state index contributed by atoms with van der Waals surface area (Å²) in [6.07, 6.45) is 2.00. The number of hydrogen-bond donors (Lipinski definition) is 1. The zero-order valence-corrected chi connectivity index (χ0v) is 13.3. The Bertz CT molecular complexity index is 721. The van der Waals surface area contributed by atoms with Crippen molar-refractivity contribution in [1.29, 1.82) is 0 Å². The lowest BCUT2D eigenvalue weighted by molar-refractivity contribution is 0.0936. The third-order valence-corrected chi connectivity index (χ3v) is 4.43. The highest BCUT2D eigenvalue weighted by Gasteiger charge is 2.25. The van der Waals surface area contributed by atoms with E-state index in [0.29, 0.717) is 5.56 Å². The number of ether oxygens (including phenoxy) is 1. The van der Waals surface area contributed by atoms with Gasteiger partial charge in [-0.25, -0.2) is 0 Å². The second kappa shape index (κ2) is 5.84. The molecule has 1 unspecified atom stereocenters. The smallest absolute Gasteiger partial charge is 0.251 e. The van der Waals surface area contributed by atoms with Crippen LogP contribution in [0.4, 0.5) is 0 Å². The van der Waals surface area contributed by atoms with Gasteiger partial charge in [-0.15, -0.1) is 0 Å². The largest absolute Gasteiger partial charge is 0.496 e. The van der Waals surface area contributed by atoms with E-state index in [9.17, 15) is 4.79 Å². The molecule has 114 valence electrons. The molecule has 0 spiro atoms. The fraction of sp³-hybridized carbons (Fsp3) is 0.316. The maximum Gasteiger partial charge on any atom is 0.251 e. The summed E-state index contributed by atoms with van der Waals surface area (Å²) in [4.78, 5) is 12.5. The van der Waals surface area contributed by atoms with E-state index in [2.05, 4.69) is 30.4 Å². The van der Waals surface area contributed by atoms with Gasteiger partial charge in [0.2, 0.25) is 0 Å². The van der Waals surface area contributed by atoms with Gasteiger partial charge in [-0.1, -0.05) is 18.2 Å². The highest BCUT2D eigenvalue weighted by atomic mass is 16.5. The van der Waals surface area contributed by atoms with Crippen molar-refractivity contribution < 1.29 is 9.53 Å². The van der Waals surface area contributed by atoms with E-state index in [1.165, 1.54) is 16.7 Å². The van der Waals surface area contributed by atoms with E-state index in [-0.39, 0.29) is 11.9 Å². The monoisotopic (exact) mass is 295 g/mol. The van der Waals surface area contributed by atoms with Gasteiger partial charge in [-0.2, -0.15) is 0 Å². The Hall–Kier alpha value is -2.29. The Morgan fingerprint density at radius 2 is 2.00 bits per heavy atom. The van der Waals surface area contributed by atoms with Crippen LogP contribution in [-0.2, 0) is 6.42 Å². The van der Waals surface area contributed by atoms with Crippen LogP contribution in [0.2, 0.25) is 0 Å². The van der Waals surface area contributed by atoms with Gasteiger partial charge in [0.05, 0.1) is 13.2 Å². The van der Waals surface area contributed by atoms with Gasteiger partial charge in [0, 0.05) is 5.56 Å². The van der Waals surface area contributed by atoms with Gasteiger partial charge < -0.3 is 10.1 Å². The standard InChI is InChI=1S/C19H21NO2/c1-12-5-4-6-14-7-9-16(18(12)14)20-19(21)15-8-10-17(22-3)13(2)11-15/h4-6,8,10-11,16H,7,9H2,1-3H3,(H,20,21). The van der Waals surface area contributed by atoms with Crippen molar-refractivity contribution in [2.75, 3.05) is 7.11 Å². The lowest BCUT2D eigenvalue weighted by Gasteiger charge is -2.17. The fourth-order valence-electron chi connectivity index (χ4n) is 3.31. The van der Waals surface area contributed by atoms with Crippen LogP contribution in [0.5, 0.6) is 5.75 Å². The molecular formula is C19H21NO2. The Morgan fingerprint density at radius 1 is 1.18 bits per heavy atom. The van der Waals surface area contributed by atoms with Crippen molar-refractivity contribution in [3.8, 4) is 5.75 Å². The molecule has 0 bridgehead atoms. The number of carbonyl (C=O) groups is 1. The average Bonchev–Trinajstić information content (AvgIpc) is 2.91. The van der Waals surface area contributed by atoms with Crippen LogP contribution in [0, 0.1) is 13.8 Å². The number of methoxy groups -OCH3 is 1. The van der Waals surface area contributed by atoms with Gasteiger partial charge in [0.25, 0.3) is 5.91 Å². The van der Waals surface area contributed by atoms with E-state index in [0.717, 1.165) is 24.2 Å². The number of carbonyl (C=O) groups excluding carboxylic acids is 1. The third-order valence-electron chi connectivity index (χ3n) is 4.43. The molecule has 3 nitrogen and oxygen atoms in total. The van der Waals surface area contributed by atoms with Crippen LogP contribution in [-0.4, -0.2) is 13.0 Å². The number of nitrogens with one attached hydrogen (secondary N) is 1. The second-order valence-electron chi connectivity index (χ2n) is 5.90. The molecule has 1 aliphatic carbocycles. The van der Waals surface area contributed by atoms with Crippen LogP contribution in [0.15, 0.2) is 36.4 Å². The van der Waals surface area contributed by atoms with Crippen molar-refractivity contribution >= 4 is 5.91 Å². The Labute approximate surface area is 131 Å². The molecule has 0 saturated heterocycles. The van der Waals surface area contributed by atoms with Gasteiger partial charge in [-0.3, -0.25) is 4.79 Å². The maximum absolute atomic E-state index is 12.5. The highest BCUT2D eigenvalue weighted by Crippen LogP contribution is 2.33. The van der Waals surface area contributed by atoms with Gasteiger partial charge in [0.15, 0.2) is 0 Å². The number of rotatable bonds is 3. The molecular weight excluding hydrogens is 274 g/mol. The minimum absolute atomic E-state index is 0.0214. The van der Waals surface area contributed by atoms with Crippen molar-refractivity contribution in [3.05, 3.63) is 64.2 Å². The normalized spacial score (nSPS) is 16.2. The van der Waals surface area contributed by atoms with Crippen LogP contribution < -0.4 is 10.1 Å². The summed E-state index contributed by atoms with van der Waals surface area (Å²) >= 11 is 0. The summed E-state index contributed by atoms with van der Waals surface area (Å²) in [5.74, 6) is 0.783. The molecule has 0 saturated carbocycles. The number of hydrogen-bond acceptors (Lipinski definition) is 2. The van der Waals surface area contributed by atoms with Crippen LogP contribution in [0.1, 0.15) is 45.1 Å². The van der Waals surface area contributed by atoms with Crippen molar-refractivity contribution in [2.45, 2.75) is 32.7 Å². The Balaban J connectivity index is 1.81. The molecule has 22 heavy (non-hydrogen) atoms. The Morgan fingerprint density at radius 3 is 2.73 bits per heavy atom. The van der Waals surface area contributed by atoms with E-state index >= 15 is 0 Å². The molecule has 1 atom stereocenters. The second-order valence-corrected chi connectivity index (χ2v) is 5.90. The molecule has 3 heteroatoms. The molecule has 1 aliphatic rings. The van der Waals surface area contributed by atoms with Gasteiger partial charge in [-0.05, 0) is 67.1 Å². The minimum Gasteiger partial charge on any atom is -0.496 e. The van der Waals surface area contributed by atoms with Crippen molar-refractivity contribution in [3.63, 3.8) is 0 Å². The highest BCUT2D eigenvalue weighted by molar-refractivity contribution is 5.95. The molecule has 0 aliphatic heterocycles. The van der Waals surface area contributed by atoms with Crippen molar-refractivity contribution in [1.82, 2.24) is 5.32 Å². The summed E-state index contributed by atoms with van der Waals surface area (Å²) in [7, 11) is 1.64. The topological polar surface area (TPSA) is 38.3 Å². The molecule has 0 heterocycles. The molecule has 0 fully saturated rings. The number of benzene rings is 2. The van der Waals surface area contributed by atoms with Crippen LogP contribution >= 0.6 is 0 Å². The summed E-state index contributed by atoms with van der Waals surface area (Å²) in [6, 6.07) is 12.0. The molecule has 1 N–H and O–H groups in total. The summed E-state index contributed by atoms with van der Waals surface area (Å²) in [5.41, 5.74) is 5.56. The predicted molar refractivity (Wildman–Crippen MR) is 87.4 cm³/mol. The van der Waals surface area contributed by atoms with E-state index < -0.39 is 0 Å². The lowest BCUT2D eigenvalue weighted by atomic mass is 10.0. The molecule has 2 aromatic carbocycles. The fourth-order valence-corrected chi connectivity index (χ4v) is 3.31. The van der Waals surface area contributed by atoms with E-state index in [1.54, 1.807) is 7.11 Å². The van der Waals surface area contributed by atoms with E-state index in [4.69, 9.17) is 4.74 Å². The first-order chi connectivity index (χ1) is 10.6. The van der Waals surface area contributed by atoms with Gasteiger partial charge in [0.1, 0.15) is 5.75 Å². The predicted octanol–water partition coefficient (Wildman–Crippen LogP) is 3.73. The van der Waals surface area contributed by atoms with Gasteiger partial charge >= 0.3 is 0 Å². The number of fused-ring (bicyclic) bond motifs is 1. The number of aryl methyl sites for hydroxylation is 3. The minimum atomic E-state index is -0.0214. The number of amides is 1. The summed E-state index contributed by atoms with van der Waals surface area (Å²) in [5, 5.41) is 3.18. The first-order valence-electron chi connectivity index (χ1n) is 7.64.